The first-order chi connectivity index (χ1) is 8.66. The lowest BCUT2D eigenvalue weighted by Crippen LogP contribution is -2.13. The van der Waals surface area contributed by atoms with Gasteiger partial charge in [-0.05, 0) is 57.2 Å². The Morgan fingerprint density at radius 2 is 1.94 bits per heavy atom. The second-order valence-corrected chi connectivity index (χ2v) is 5.33. The zero-order valence-electron chi connectivity index (χ0n) is 11.8. The molecule has 1 aromatic heterocycles. The summed E-state index contributed by atoms with van der Waals surface area (Å²) in [7, 11) is 4.23. The molecule has 0 aliphatic rings. The number of halogens is 1. The van der Waals surface area contributed by atoms with Gasteiger partial charge in [-0.15, -0.1) is 0 Å². The van der Waals surface area contributed by atoms with Gasteiger partial charge in [-0.3, -0.25) is 0 Å². The van der Waals surface area contributed by atoms with Crippen molar-refractivity contribution in [2.75, 3.05) is 20.6 Å². The lowest BCUT2D eigenvalue weighted by atomic mass is 10.1. The van der Waals surface area contributed by atoms with Crippen LogP contribution in [0.2, 0.25) is 0 Å². The summed E-state index contributed by atoms with van der Waals surface area (Å²) in [4.78, 5) is 5.55. The van der Waals surface area contributed by atoms with Crippen molar-refractivity contribution in [2.24, 2.45) is 0 Å². The monoisotopic (exact) mass is 310 g/mol. The highest BCUT2D eigenvalue weighted by Gasteiger charge is 2.04. The fourth-order valence-corrected chi connectivity index (χ4v) is 2.30. The zero-order chi connectivity index (χ0) is 13.5. The Labute approximate surface area is 119 Å². The molecule has 0 saturated carbocycles. The predicted octanol–water partition coefficient (Wildman–Crippen LogP) is 4.45. The molecule has 2 rings (SSSR count). The molecule has 0 saturated heterocycles. The highest BCUT2D eigenvalue weighted by molar-refractivity contribution is 9.10. The number of nitrogens with zero attached hydrogens (tertiary/aromatic N) is 1. The molecule has 0 bridgehead atoms. The van der Waals surface area contributed by atoms with Crippen molar-refractivity contribution in [3.05, 3.63) is 34.4 Å². The second kappa shape index (κ2) is 7.59. The highest BCUT2D eigenvalue weighted by atomic mass is 79.9. The number of benzene rings is 1. The van der Waals surface area contributed by atoms with Gasteiger partial charge in [0.25, 0.3) is 0 Å². The smallest absolute Gasteiger partial charge is 0.0457 e. The number of fused-ring (bicyclic) bond motifs is 1. The van der Waals surface area contributed by atoms with Gasteiger partial charge in [0.15, 0.2) is 0 Å². The Balaban J connectivity index is 0.000000771. The lowest BCUT2D eigenvalue weighted by molar-refractivity contribution is 0.400. The molecule has 0 aliphatic carbocycles. The maximum atomic E-state index is 3.52. The van der Waals surface area contributed by atoms with Crippen molar-refractivity contribution in [1.82, 2.24) is 9.88 Å². The third-order valence-corrected chi connectivity index (χ3v) is 3.27. The molecule has 1 aromatic carbocycles. The zero-order valence-corrected chi connectivity index (χ0v) is 13.3. The summed E-state index contributed by atoms with van der Waals surface area (Å²) in [6, 6.07) is 6.38. The van der Waals surface area contributed by atoms with E-state index in [4.69, 9.17) is 0 Å². The standard InChI is InChI=1S/C13H17BrN2.C2H6/c1-16(2)7-3-4-10-9-15-13-6-5-11(14)8-12(10)13;1-2/h5-6,8-9,15H,3-4,7H2,1-2H3;1-2H3. The molecule has 18 heavy (non-hydrogen) atoms. The minimum Gasteiger partial charge on any atom is -0.361 e. The molecule has 100 valence electrons. The summed E-state index contributed by atoms with van der Waals surface area (Å²) in [6.07, 6.45) is 4.47. The van der Waals surface area contributed by atoms with E-state index in [1.54, 1.807) is 0 Å². The summed E-state index contributed by atoms with van der Waals surface area (Å²) in [6.45, 7) is 5.14. The SMILES string of the molecule is CC.CN(C)CCCc1c[nH]c2ccc(Br)cc12. The van der Waals surface area contributed by atoms with Crippen LogP contribution >= 0.6 is 15.9 Å². The molecule has 0 atom stereocenters. The number of aromatic amines is 1. The van der Waals surface area contributed by atoms with Crippen LogP contribution in [0.15, 0.2) is 28.9 Å². The van der Waals surface area contributed by atoms with E-state index in [0.29, 0.717) is 0 Å². The van der Waals surface area contributed by atoms with Crippen LogP contribution in [0.1, 0.15) is 25.8 Å². The van der Waals surface area contributed by atoms with Gasteiger partial charge in [-0.2, -0.15) is 0 Å². The van der Waals surface area contributed by atoms with E-state index in [9.17, 15) is 0 Å². The fraction of sp³-hybridized carbons (Fsp3) is 0.467. The molecule has 0 radical (unpaired) electrons. The van der Waals surface area contributed by atoms with Crippen LogP contribution < -0.4 is 0 Å². The van der Waals surface area contributed by atoms with Gasteiger partial charge < -0.3 is 9.88 Å². The van der Waals surface area contributed by atoms with Crippen molar-refractivity contribution >= 4 is 26.8 Å². The number of aromatic nitrogens is 1. The summed E-state index contributed by atoms with van der Waals surface area (Å²) in [5.74, 6) is 0. The van der Waals surface area contributed by atoms with E-state index in [0.717, 1.165) is 17.4 Å². The normalized spacial score (nSPS) is 10.6. The average Bonchev–Trinajstić information content (AvgIpc) is 2.74. The first kappa shape index (κ1) is 15.3. The van der Waals surface area contributed by atoms with Crippen LogP contribution in [0.5, 0.6) is 0 Å². The summed E-state index contributed by atoms with van der Waals surface area (Å²) in [5.41, 5.74) is 2.64. The van der Waals surface area contributed by atoms with Crippen LogP contribution in [0.3, 0.4) is 0 Å². The number of H-pyrrole nitrogens is 1. The highest BCUT2D eigenvalue weighted by Crippen LogP contribution is 2.23. The Bertz CT molecular complexity index is 474. The van der Waals surface area contributed by atoms with Crippen molar-refractivity contribution in [3.63, 3.8) is 0 Å². The summed E-state index contributed by atoms with van der Waals surface area (Å²) >= 11 is 3.52. The lowest BCUT2D eigenvalue weighted by Gasteiger charge is -2.08. The molecule has 1 N–H and O–H groups in total. The van der Waals surface area contributed by atoms with Gasteiger partial charge in [0.05, 0.1) is 0 Å². The predicted molar refractivity (Wildman–Crippen MR) is 84.2 cm³/mol. The molecular formula is C15H23BrN2. The van der Waals surface area contributed by atoms with Crippen LogP contribution in [-0.2, 0) is 6.42 Å². The minimum atomic E-state index is 1.13. The molecule has 3 heteroatoms. The number of aryl methyl sites for hydroxylation is 1. The third-order valence-electron chi connectivity index (χ3n) is 2.78. The summed E-state index contributed by atoms with van der Waals surface area (Å²) < 4.78 is 1.15. The van der Waals surface area contributed by atoms with Gasteiger partial charge in [0.2, 0.25) is 0 Å². The molecule has 0 fully saturated rings. The molecular weight excluding hydrogens is 288 g/mol. The Hall–Kier alpha value is -0.800. The number of hydrogen-bond acceptors (Lipinski definition) is 1. The van der Waals surface area contributed by atoms with Crippen molar-refractivity contribution < 1.29 is 0 Å². The van der Waals surface area contributed by atoms with Gasteiger partial charge in [-0.1, -0.05) is 29.8 Å². The third kappa shape index (κ3) is 4.14. The summed E-state index contributed by atoms with van der Waals surface area (Å²) in [5, 5.41) is 1.34. The Morgan fingerprint density at radius 1 is 1.22 bits per heavy atom. The number of hydrogen-bond donors (Lipinski definition) is 1. The maximum Gasteiger partial charge on any atom is 0.0457 e. The average molecular weight is 311 g/mol. The van der Waals surface area contributed by atoms with Gasteiger partial charge in [0, 0.05) is 21.6 Å². The van der Waals surface area contributed by atoms with Crippen LogP contribution in [0.4, 0.5) is 0 Å². The van der Waals surface area contributed by atoms with Crippen LogP contribution in [-0.4, -0.2) is 30.5 Å². The van der Waals surface area contributed by atoms with E-state index in [-0.39, 0.29) is 0 Å². The van der Waals surface area contributed by atoms with E-state index >= 15 is 0 Å². The molecule has 2 aromatic rings. The second-order valence-electron chi connectivity index (χ2n) is 4.41. The quantitative estimate of drug-likeness (QED) is 0.884. The first-order valence-electron chi connectivity index (χ1n) is 6.57. The van der Waals surface area contributed by atoms with E-state index < -0.39 is 0 Å². The van der Waals surface area contributed by atoms with Crippen LogP contribution in [0, 0.1) is 0 Å². The first-order valence-corrected chi connectivity index (χ1v) is 7.36. The van der Waals surface area contributed by atoms with Gasteiger partial charge in [0.1, 0.15) is 0 Å². The Morgan fingerprint density at radius 3 is 2.61 bits per heavy atom. The molecule has 0 unspecified atom stereocenters. The molecule has 2 nitrogen and oxygen atoms in total. The van der Waals surface area contributed by atoms with E-state index in [1.807, 2.05) is 13.8 Å². The van der Waals surface area contributed by atoms with Gasteiger partial charge >= 0.3 is 0 Å². The largest absolute Gasteiger partial charge is 0.361 e. The molecule has 0 aliphatic heterocycles. The number of nitrogens with one attached hydrogen (secondary N) is 1. The van der Waals surface area contributed by atoms with E-state index in [2.05, 4.69) is 64.3 Å². The number of rotatable bonds is 4. The Kier molecular flexibility index (Phi) is 6.44. The molecule has 1 heterocycles. The van der Waals surface area contributed by atoms with Crippen LogP contribution in [0.25, 0.3) is 10.9 Å². The topological polar surface area (TPSA) is 19.0 Å². The minimum absolute atomic E-state index is 1.13. The maximum absolute atomic E-state index is 3.52. The molecule has 0 spiro atoms. The van der Waals surface area contributed by atoms with Crippen molar-refractivity contribution in [1.29, 1.82) is 0 Å². The van der Waals surface area contributed by atoms with Crippen molar-refractivity contribution in [3.8, 4) is 0 Å². The van der Waals surface area contributed by atoms with Gasteiger partial charge in [-0.25, -0.2) is 0 Å². The van der Waals surface area contributed by atoms with E-state index in [1.165, 1.54) is 22.9 Å². The van der Waals surface area contributed by atoms with Crippen molar-refractivity contribution in [2.45, 2.75) is 26.7 Å². The molecule has 0 amide bonds. The fourth-order valence-electron chi connectivity index (χ4n) is 1.94.